The summed E-state index contributed by atoms with van der Waals surface area (Å²) in [4.78, 5) is 4.14. The smallest absolute Gasteiger partial charge is 0.0832 e. The molecule has 0 amide bonds. The summed E-state index contributed by atoms with van der Waals surface area (Å²) in [7, 11) is 1.63. The third-order valence-corrected chi connectivity index (χ3v) is 2.65. The van der Waals surface area contributed by atoms with E-state index in [4.69, 9.17) is 4.74 Å². The molecule has 1 unspecified atom stereocenters. The second-order valence-electron chi connectivity index (χ2n) is 3.75. The van der Waals surface area contributed by atoms with Crippen molar-refractivity contribution >= 4 is 10.8 Å². The van der Waals surface area contributed by atoms with Crippen molar-refractivity contribution in [1.29, 1.82) is 0 Å². The number of ether oxygens (including phenoxy) is 1. The van der Waals surface area contributed by atoms with Crippen LogP contribution in [0.15, 0.2) is 36.7 Å². The zero-order chi connectivity index (χ0) is 11.4. The number of fused-ring (bicyclic) bond motifs is 1. The van der Waals surface area contributed by atoms with Crippen LogP contribution >= 0.6 is 0 Å². The standard InChI is InChI=1S/C13H15NO2/c1-16-7-6-13(15)12-9-14-8-10-4-2-3-5-11(10)12/h2-5,8-9,13,15H,6-7H2,1H3. The van der Waals surface area contributed by atoms with E-state index in [1.807, 2.05) is 30.5 Å². The van der Waals surface area contributed by atoms with Gasteiger partial charge in [-0.05, 0) is 5.39 Å². The lowest BCUT2D eigenvalue weighted by molar-refractivity contribution is 0.111. The Morgan fingerprint density at radius 1 is 1.31 bits per heavy atom. The first-order valence-corrected chi connectivity index (χ1v) is 5.32. The van der Waals surface area contributed by atoms with Gasteiger partial charge in [0.25, 0.3) is 0 Å². The largest absolute Gasteiger partial charge is 0.388 e. The van der Waals surface area contributed by atoms with Gasteiger partial charge in [-0.2, -0.15) is 0 Å². The predicted molar refractivity (Wildman–Crippen MR) is 63.2 cm³/mol. The number of aliphatic hydroxyl groups is 1. The highest BCUT2D eigenvalue weighted by Crippen LogP contribution is 2.24. The molecule has 1 atom stereocenters. The van der Waals surface area contributed by atoms with Gasteiger partial charge < -0.3 is 9.84 Å². The van der Waals surface area contributed by atoms with Crippen LogP contribution in [0.5, 0.6) is 0 Å². The highest BCUT2D eigenvalue weighted by Gasteiger charge is 2.10. The molecule has 0 aliphatic rings. The van der Waals surface area contributed by atoms with Gasteiger partial charge in [-0.25, -0.2) is 0 Å². The molecule has 1 aromatic heterocycles. The van der Waals surface area contributed by atoms with Gasteiger partial charge in [0.1, 0.15) is 0 Å². The summed E-state index contributed by atoms with van der Waals surface area (Å²) in [6, 6.07) is 7.93. The summed E-state index contributed by atoms with van der Waals surface area (Å²) in [5.41, 5.74) is 0.871. The molecule has 1 heterocycles. The van der Waals surface area contributed by atoms with E-state index in [9.17, 15) is 5.11 Å². The Hall–Kier alpha value is -1.45. The molecule has 0 aliphatic heterocycles. The van der Waals surface area contributed by atoms with Crippen molar-refractivity contribution in [2.24, 2.45) is 0 Å². The van der Waals surface area contributed by atoms with E-state index in [1.165, 1.54) is 0 Å². The van der Waals surface area contributed by atoms with Crippen LogP contribution in [0.2, 0.25) is 0 Å². The molecular weight excluding hydrogens is 202 g/mol. The number of methoxy groups -OCH3 is 1. The van der Waals surface area contributed by atoms with Gasteiger partial charge in [-0.1, -0.05) is 24.3 Å². The van der Waals surface area contributed by atoms with Crippen molar-refractivity contribution in [2.45, 2.75) is 12.5 Å². The van der Waals surface area contributed by atoms with Gasteiger partial charge in [-0.15, -0.1) is 0 Å². The van der Waals surface area contributed by atoms with Crippen LogP contribution in [-0.2, 0) is 4.74 Å². The Kier molecular flexibility index (Phi) is 3.49. The zero-order valence-corrected chi connectivity index (χ0v) is 9.26. The molecule has 0 saturated carbocycles. The quantitative estimate of drug-likeness (QED) is 0.854. The topological polar surface area (TPSA) is 42.4 Å². The number of hydrogen-bond acceptors (Lipinski definition) is 3. The number of aliphatic hydroxyl groups excluding tert-OH is 1. The minimum absolute atomic E-state index is 0.515. The third-order valence-electron chi connectivity index (χ3n) is 2.65. The fourth-order valence-electron chi connectivity index (χ4n) is 1.79. The summed E-state index contributed by atoms with van der Waals surface area (Å²) < 4.78 is 4.97. The minimum Gasteiger partial charge on any atom is -0.388 e. The number of nitrogens with zero attached hydrogens (tertiary/aromatic N) is 1. The van der Waals surface area contributed by atoms with E-state index in [0.29, 0.717) is 13.0 Å². The Labute approximate surface area is 94.7 Å². The normalized spacial score (nSPS) is 12.9. The van der Waals surface area contributed by atoms with Crippen molar-refractivity contribution < 1.29 is 9.84 Å². The van der Waals surface area contributed by atoms with Crippen LogP contribution in [0.1, 0.15) is 18.1 Å². The number of aromatic nitrogens is 1. The Morgan fingerprint density at radius 3 is 2.94 bits per heavy atom. The van der Waals surface area contributed by atoms with Crippen molar-refractivity contribution in [2.75, 3.05) is 13.7 Å². The molecule has 0 aliphatic carbocycles. The maximum Gasteiger partial charge on any atom is 0.0832 e. The summed E-state index contributed by atoms with van der Waals surface area (Å²) >= 11 is 0. The van der Waals surface area contributed by atoms with Crippen molar-refractivity contribution in [1.82, 2.24) is 4.98 Å². The van der Waals surface area contributed by atoms with Crippen molar-refractivity contribution in [3.63, 3.8) is 0 Å². The lowest BCUT2D eigenvalue weighted by Gasteiger charge is -2.12. The fourth-order valence-corrected chi connectivity index (χ4v) is 1.79. The molecule has 0 radical (unpaired) electrons. The first kappa shape index (κ1) is 11.0. The Morgan fingerprint density at radius 2 is 2.12 bits per heavy atom. The first-order chi connectivity index (χ1) is 7.83. The lowest BCUT2D eigenvalue weighted by Crippen LogP contribution is -2.03. The van der Waals surface area contributed by atoms with E-state index in [1.54, 1.807) is 13.3 Å². The zero-order valence-electron chi connectivity index (χ0n) is 9.26. The maximum absolute atomic E-state index is 10.0. The van der Waals surface area contributed by atoms with Crippen LogP contribution in [0.4, 0.5) is 0 Å². The monoisotopic (exact) mass is 217 g/mol. The molecule has 1 N–H and O–H groups in total. The molecule has 0 fully saturated rings. The number of rotatable bonds is 4. The molecule has 84 valence electrons. The Bertz CT molecular complexity index is 465. The molecule has 1 aromatic carbocycles. The molecule has 2 rings (SSSR count). The number of benzene rings is 1. The fraction of sp³-hybridized carbons (Fsp3) is 0.308. The molecule has 2 aromatic rings. The van der Waals surface area contributed by atoms with E-state index < -0.39 is 6.10 Å². The SMILES string of the molecule is COCCC(O)c1cncc2ccccc12. The summed E-state index contributed by atoms with van der Waals surface area (Å²) in [6.07, 6.45) is 3.61. The van der Waals surface area contributed by atoms with Gasteiger partial charge in [0, 0.05) is 43.5 Å². The van der Waals surface area contributed by atoms with E-state index in [2.05, 4.69) is 4.98 Å². The molecule has 3 heteroatoms. The third kappa shape index (κ3) is 2.21. The van der Waals surface area contributed by atoms with E-state index >= 15 is 0 Å². The Balaban J connectivity index is 2.36. The van der Waals surface area contributed by atoms with Crippen LogP contribution < -0.4 is 0 Å². The van der Waals surface area contributed by atoms with Gasteiger partial charge in [0.2, 0.25) is 0 Å². The molecule has 3 nitrogen and oxygen atoms in total. The van der Waals surface area contributed by atoms with Crippen molar-refractivity contribution in [3.8, 4) is 0 Å². The number of hydrogen-bond donors (Lipinski definition) is 1. The summed E-state index contributed by atoms with van der Waals surface area (Å²) in [5.74, 6) is 0. The average molecular weight is 217 g/mol. The van der Waals surface area contributed by atoms with Crippen LogP contribution in [-0.4, -0.2) is 23.8 Å². The van der Waals surface area contributed by atoms with Gasteiger partial charge >= 0.3 is 0 Å². The first-order valence-electron chi connectivity index (χ1n) is 5.32. The van der Waals surface area contributed by atoms with Crippen LogP contribution in [0, 0.1) is 0 Å². The molecule has 0 bridgehead atoms. The van der Waals surface area contributed by atoms with Crippen LogP contribution in [0.25, 0.3) is 10.8 Å². The predicted octanol–water partition coefficient (Wildman–Crippen LogP) is 2.30. The van der Waals surface area contributed by atoms with E-state index in [-0.39, 0.29) is 0 Å². The highest BCUT2D eigenvalue weighted by atomic mass is 16.5. The van der Waals surface area contributed by atoms with Gasteiger partial charge in [0.15, 0.2) is 0 Å². The molecular formula is C13H15NO2. The van der Waals surface area contributed by atoms with Crippen molar-refractivity contribution in [3.05, 3.63) is 42.2 Å². The van der Waals surface area contributed by atoms with Crippen LogP contribution in [0.3, 0.4) is 0 Å². The minimum atomic E-state index is -0.515. The molecule has 0 spiro atoms. The summed E-state index contributed by atoms with van der Waals surface area (Å²) in [6.45, 7) is 0.546. The lowest BCUT2D eigenvalue weighted by atomic mass is 10.0. The second-order valence-corrected chi connectivity index (χ2v) is 3.75. The highest BCUT2D eigenvalue weighted by molar-refractivity contribution is 5.84. The average Bonchev–Trinajstić information content (AvgIpc) is 2.35. The summed E-state index contributed by atoms with van der Waals surface area (Å²) in [5, 5.41) is 12.1. The number of pyridine rings is 1. The molecule has 0 saturated heterocycles. The van der Waals surface area contributed by atoms with Gasteiger partial charge in [-0.3, -0.25) is 4.98 Å². The van der Waals surface area contributed by atoms with Gasteiger partial charge in [0.05, 0.1) is 6.10 Å². The van der Waals surface area contributed by atoms with E-state index in [0.717, 1.165) is 16.3 Å². The second kappa shape index (κ2) is 5.05. The molecule has 16 heavy (non-hydrogen) atoms. The maximum atomic E-state index is 10.0.